The summed E-state index contributed by atoms with van der Waals surface area (Å²) in [6, 6.07) is 14.6. The molecule has 2 amide bonds. The monoisotopic (exact) mass is 424 g/mol. The van der Waals surface area contributed by atoms with Crippen molar-refractivity contribution in [3.05, 3.63) is 60.0 Å². The van der Waals surface area contributed by atoms with Crippen molar-refractivity contribution in [1.82, 2.24) is 10.2 Å². The summed E-state index contributed by atoms with van der Waals surface area (Å²) in [5.74, 6) is 0.281. The zero-order valence-corrected chi connectivity index (χ0v) is 17.3. The number of carbonyl (C=O) groups excluding carboxylic acids is 2. The van der Waals surface area contributed by atoms with E-state index in [2.05, 4.69) is 15.5 Å². The Hall–Kier alpha value is -3.33. The number of nitrogens with one attached hydrogen (secondary N) is 1. The number of benzene rings is 2. The Morgan fingerprint density at radius 3 is 2.77 bits per heavy atom. The first-order chi connectivity index (χ1) is 14.6. The molecule has 2 heterocycles. The van der Waals surface area contributed by atoms with Crippen molar-refractivity contribution in [2.45, 2.75) is 17.2 Å². The molecule has 0 bridgehead atoms. The van der Waals surface area contributed by atoms with Crippen LogP contribution >= 0.6 is 11.8 Å². The first kappa shape index (κ1) is 20.0. The van der Waals surface area contributed by atoms with Gasteiger partial charge in [-0.15, -0.1) is 16.9 Å². The minimum absolute atomic E-state index is 0.00272. The smallest absolute Gasteiger partial charge is 0.322 e. The fourth-order valence-electron chi connectivity index (χ4n) is 3.27. The lowest BCUT2D eigenvalue weighted by atomic mass is 10.1. The second kappa shape index (κ2) is 8.58. The summed E-state index contributed by atoms with van der Waals surface area (Å²) in [7, 11) is 1.53. The van der Waals surface area contributed by atoms with E-state index in [4.69, 9.17) is 9.15 Å². The Balaban J connectivity index is 1.43. The number of thioether (sulfide) groups is 1. The maximum Gasteiger partial charge on any atom is 0.322 e. The molecule has 0 aliphatic carbocycles. The quantitative estimate of drug-likeness (QED) is 0.604. The van der Waals surface area contributed by atoms with Gasteiger partial charge in [0.1, 0.15) is 5.75 Å². The van der Waals surface area contributed by atoms with Crippen LogP contribution in [0.3, 0.4) is 0 Å². The lowest BCUT2D eigenvalue weighted by Crippen LogP contribution is -2.24. The van der Waals surface area contributed by atoms with Crippen LogP contribution in [0.25, 0.3) is 0 Å². The molecular weight excluding hydrogens is 404 g/mol. The number of rotatable bonds is 6. The van der Waals surface area contributed by atoms with Crippen molar-refractivity contribution in [1.29, 1.82) is 0 Å². The van der Waals surface area contributed by atoms with Crippen molar-refractivity contribution < 1.29 is 18.7 Å². The molecule has 1 saturated heterocycles. The predicted molar refractivity (Wildman–Crippen MR) is 113 cm³/mol. The Labute approximate surface area is 177 Å². The number of hydrogen-bond donors (Lipinski definition) is 1. The number of carbonyl (C=O) groups is 2. The average molecular weight is 424 g/mol. The van der Waals surface area contributed by atoms with Gasteiger partial charge in [-0.1, -0.05) is 11.2 Å². The zero-order chi connectivity index (χ0) is 21.1. The van der Waals surface area contributed by atoms with Gasteiger partial charge >= 0.3 is 6.01 Å². The van der Waals surface area contributed by atoms with E-state index in [1.165, 1.54) is 7.11 Å². The van der Waals surface area contributed by atoms with Crippen LogP contribution < -0.4 is 15.0 Å². The van der Waals surface area contributed by atoms with Crippen molar-refractivity contribution in [3.8, 4) is 5.75 Å². The van der Waals surface area contributed by atoms with E-state index >= 15 is 0 Å². The van der Waals surface area contributed by atoms with Gasteiger partial charge in [-0.3, -0.25) is 14.9 Å². The molecular formula is C21H20N4O4S. The highest BCUT2D eigenvalue weighted by molar-refractivity contribution is 7.98. The Morgan fingerprint density at radius 2 is 2.03 bits per heavy atom. The highest BCUT2D eigenvalue weighted by Gasteiger charge is 2.35. The third kappa shape index (κ3) is 4.16. The zero-order valence-electron chi connectivity index (χ0n) is 16.5. The third-order valence-corrected chi connectivity index (χ3v) is 5.59. The summed E-state index contributed by atoms with van der Waals surface area (Å²) in [5.41, 5.74) is 1.25. The minimum Gasteiger partial charge on any atom is -0.497 e. The number of hydrogen-bond acceptors (Lipinski definition) is 7. The molecule has 1 aromatic heterocycles. The van der Waals surface area contributed by atoms with Crippen molar-refractivity contribution in [3.63, 3.8) is 0 Å². The fraction of sp³-hybridized carbons (Fsp3) is 0.238. The summed E-state index contributed by atoms with van der Waals surface area (Å²) in [4.78, 5) is 27.7. The van der Waals surface area contributed by atoms with Gasteiger partial charge in [-0.2, -0.15) is 0 Å². The molecule has 9 heteroatoms. The summed E-state index contributed by atoms with van der Waals surface area (Å²) in [5, 5.41) is 10.5. The maximum absolute atomic E-state index is 12.5. The molecule has 3 aromatic rings. The minimum atomic E-state index is -0.387. The molecule has 1 aliphatic heterocycles. The van der Waals surface area contributed by atoms with Crippen LogP contribution in [0.15, 0.2) is 57.8 Å². The highest BCUT2D eigenvalue weighted by Crippen LogP contribution is 2.32. The molecule has 30 heavy (non-hydrogen) atoms. The second-order valence-corrected chi connectivity index (χ2v) is 7.61. The number of amides is 2. The van der Waals surface area contributed by atoms with Crippen LogP contribution in [-0.4, -0.2) is 41.9 Å². The second-order valence-electron chi connectivity index (χ2n) is 6.73. The molecule has 2 aromatic carbocycles. The number of nitrogens with zero attached hydrogens (tertiary/aromatic N) is 3. The normalized spacial score (nSPS) is 16.0. The van der Waals surface area contributed by atoms with E-state index in [0.29, 0.717) is 23.7 Å². The van der Waals surface area contributed by atoms with E-state index in [9.17, 15) is 9.59 Å². The van der Waals surface area contributed by atoms with Gasteiger partial charge in [0.2, 0.25) is 11.8 Å². The maximum atomic E-state index is 12.5. The Morgan fingerprint density at radius 1 is 1.23 bits per heavy atom. The highest BCUT2D eigenvalue weighted by atomic mass is 32.2. The molecule has 1 atom stereocenters. The molecule has 154 valence electrons. The summed E-state index contributed by atoms with van der Waals surface area (Å²) in [6.45, 7) is 0.447. The van der Waals surface area contributed by atoms with E-state index in [1.54, 1.807) is 40.9 Å². The number of methoxy groups -OCH3 is 1. The van der Waals surface area contributed by atoms with Crippen LogP contribution in [-0.2, 0) is 4.79 Å². The van der Waals surface area contributed by atoms with E-state index < -0.39 is 0 Å². The Bertz CT molecular complexity index is 1070. The van der Waals surface area contributed by atoms with Crippen molar-refractivity contribution in [2.75, 3.05) is 30.1 Å². The first-order valence-corrected chi connectivity index (χ1v) is 10.5. The third-order valence-electron chi connectivity index (χ3n) is 4.85. The molecule has 1 aliphatic rings. The van der Waals surface area contributed by atoms with Gasteiger partial charge in [0.05, 0.1) is 13.0 Å². The van der Waals surface area contributed by atoms with Crippen LogP contribution in [0.2, 0.25) is 0 Å². The lowest BCUT2D eigenvalue weighted by Gasteiger charge is -2.16. The average Bonchev–Trinajstić information content (AvgIpc) is 3.40. The molecule has 1 fully saturated rings. The van der Waals surface area contributed by atoms with Crippen molar-refractivity contribution >= 4 is 35.3 Å². The Kier molecular flexibility index (Phi) is 5.71. The summed E-state index contributed by atoms with van der Waals surface area (Å²) >= 11 is 1.65. The van der Waals surface area contributed by atoms with Crippen LogP contribution in [0, 0.1) is 0 Å². The van der Waals surface area contributed by atoms with Gasteiger partial charge in [-0.25, -0.2) is 0 Å². The summed E-state index contributed by atoms with van der Waals surface area (Å²) < 4.78 is 10.7. The first-order valence-electron chi connectivity index (χ1n) is 9.30. The number of ether oxygens (including phenoxy) is 1. The molecule has 0 saturated carbocycles. The van der Waals surface area contributed by atoms with Crippen molar-refractivity contribution in [2.24, 2.45) is 0 Å². The fourth-order valence-corrected chi connectivity index (χ4v) is 3.68. The summed E-state index contributed by atoms with van der Waals surface area (Å²) in [6.07, 6.45) is 2.28. The van der Waals surface area contributed by atoms with Crippen LogP contribution in [0.4, 0.5) is 11.7 Å². The molecule has 1 N–H and O–H groups in total. The molecule has 0 radical (unpaired) electrons. The number of aromatic nitrogens is 2. The molecule has 0 spiro atoms. The lowest BCUT2D eigenvalue weighted by molar-refractivity contribution is -0.117. The van der Waals surface area contributed by atoms with E-state index in [0.717, 1.165) is 10.6 Å². The van der Waals surface area contributed by atoms with Gasteiger partial charge in [0, 0.05) is 29.1 Å². The molecule has 8 nitrogen and oxygen atoms in total. The SMILES string of the molecule is COc1cccc(C(=O)Nc2nnc([C@H]3CC(=O)N(c4ccc(SC)cc4)C3)o2)c1. The standard InChI is InChI=1S/C21H20N4O4S/c1-28-16-5-3-4-13(10-16)19(27)22-21-24-23-20(29-21)14-11-18(26)25(12-14)15-6-8-17(30-2)9-7-15/h3-10,14H,11-12H2,1-2H3,(H,22,24,27)/t14-/m0/s1. The molecule has 0 unspecified atom stereocenters. The number of anilines is 2. The van der Waals surface area contributed by atoms with E-state index in [1.807, 2.05) is 30.5 Å². The largest absolute Gasteiger partial charge is 0.497 e. The van der Waals surface area contributed by atoms with Crippen LogP contribution in [0.1, 0.15) is 28.6 Å². The van der Waals surface area contributed by atoms with E-state index in [-0.39, 0.29) is 30.2 Å². The van der Waals surface area contributed by atoms with Gasteiger partial charge in [0.15, 0.2) is 0 Å². The van der Waals surface area contributed by atoms with Gasteiger partial charge in [0.25, 0.3) is 5.91 Å². The van der Waals surface area contributed by atoms with Gasteiger partial charge < -0.3 is 14.1 Å². The van der Waals surface area contributed by atoms with Gasteiger partial charge in [-0.05, 0) is 48.7 Å². The molecule has 4 rings (SSSR count). The predicted octanol–water partition coefficient (Wildman–Crippen LogP) is 3.57. The topological polar surface area (TPSA) is 97.6 Å². The van der Waals surface area contributed by atoms with Crippen LogP contribution in [0.5, 0.6) is 5.75 Å².